The lowest BCUT2D eigenvalue weighted by molar-refractivity contribution is 0.152. The zero-order valence-electron chi connectivity index (χ0n) is 11.1. The number of halogens is 1. The smallest absolute Gasteiger partial charge is 0.152 e. The summed E-state index contributed by atoms with van der Waals surface area (Å²) in [6.45, 7) is 2.04. The van der Waals surface area contributed by atoms with Crippen molar-refractivity contribution in [3.63, 3.8) is 0 Å². The third-order valence-electron chi connectivity index (χ3n) is 3.52. The first kappa shape index (κ1) is 13.2. The number of benzene rings is 2. The zero-order valence-corrected chi connectivity index (χ0v) is 11.9. The highest BCUT2D eigenvalue weighted by Crippen LogP contribution is 2.30. The highest BCUT2D eigenvalue weighted by molar-refractivity contribution is 6.34. The molecule has 0 fully saturated rings. The largest absolute Gasteiger partial charge is 0.457 e. The Hall–Kier alpha value is -1.77. The van der Waals surface area contributed by atoms with Gasteiger partial charge in [-0.25, -0.2) is 0 Å². The maximum Gasteiger partial charge on any atom is 0.152 e. The number of fused-ring (bicyclic) bond motifs is 1. The lowest BCUT2D eigenvalue weighted by atomic mass is 10.0. The van der Waals surface area contributed by atoms with Gasteiger partial charge in [-0.05, 0) is 30.2 Å². The lowest BCUT2D eigenvalue weighted by Crippen LogP contribution is -2.01. The van der Waals surface area contributed by atoms with Crippen LogP contribution in [0.25, 0.3) is 11.0 Å². The van der Waals surface area contributed by atoms with E-state index in [1.807, 2.05) is 49.4 Å². The molecule has 0 aliphatic carbocycles. The van der Waals surface area contributed by atoms with Crippen molar-refractivity contribution in [3.05, 3.63) is 70.4 Å². The number of aliphatic hydroxyl groups excluding tert-OH is 1. The molecule has 0 bridgehead atoms. The molecule has 0 saturated carbocycles. The van der Waals surface area contributed by atoms with E-state index in [0.29, 0.717) is 22.8 Å². The minimum absolute atomic E-state index is 0.532. The first-order valence-corrected chi connectivity index (χ1v) is 6.93. The van der Waals surface area contributed by atoms with Crippen molar-refractivity contribution >= 4 is 22.6 Å². The van der Waals surface area contributed by atoms with Gasteiger partial charge in [0.15, 0.2) is 5.58 Å². The number of para-hydroxylation sites is 1. The van der Waals surface area contributed by atoms with Crippen LogP contribution in [0.2, 0.25) is 5.02 Å². The molecule has 3 heteroatoms. The van der Waals surface area contributed by atoms with Crippen LogP contribution in [0.3, 0.4) is 0 Å². The molecule has 0 radical (unpaired) electrons. The SMILES string of the molecule is Cc1ccccc1CC(O)c1cc2cccc(Cl)c2o1. The second-order valence-corrected chi connectivity index (χ2v) is 5.36. The molecule has 1 unspecified atom stereocenters. The summed E-state index contributed by atoms with van der Waals surface area (Å²) in [5.74, 6) is 0.552. The summed E-state index contributed by atoms with van der Waals surface area (Å²) < 4.78 is 5.69. The standard InChI is InChI=1S/C17H15ClO2/c1-11-5-2-3-6-12(11)9-15(19)16-10-13-7-4-8-14(18)17(13)20-16/h2-8,10,15,19H,9H2,1H3. The predicted molar refractivity (Wildman–Crippen MR) is 81.1 cm³/mol. The maximum atomic E-state index is 10.4. The van der Waals surface area contributed by atoms with Crippen molar-refractivity contribution in [1.82, 2.24) is 0 Å². The van der Waals surface area contributed by atoms with Crippen LogP contribution in [0.4, 0.5) is 0 Å². The molecule has 0 saturated heterocycles. The van der Waals surface area contributed by atoms with E-state index in [4.69, 9.17) is 16.0 Å². The number of hydrogen-bond donors (Lipinski definition) is 1. The van der Waals surface area contributed by atoms with E-state index in [-0.39, 0.29) is 0 Å². The summed E-state index contributed by atoms with van der Waals surface area (Å²) in [5.41, 5.74) is 2.92. The molecule has 0 aliphatic heterocycles. The minimum Gasteiger partial charge on any atom is -0.457 e. The molecular formula is C17H15ClO2. The van der Waals surface area contributed by atoms with Crippen LogP contribution in [-0.2, 0) is 6.42 Å². The average Bonchev–Trinajstić information content (AvgIpc) is 2.87. The quantitative estimate of drug-likeness (QED) is 0.759. The third-order valence-corrected chi connectivity index (χ3v) is 3.82. The van der Waals surface area contributed by atoms with Crippen LogP contribution in [0, 0.1) is 6.92 Å². The molecule has 1 heterocycles. The molecular weight excluding hydrogens is 272 g/mol. The second kappa shape index (κ2) is 5.31. The average molecular weight is 287 g/mol. The molecule has 0 amide bonds. The van der Waals surface area contributed by atoms with E-state index < -0.39 is 6.10 Å². The van der Waals surface area contributed by atoms with E-state index in [1.54, 1.807) is 6.07 Å². The first-order valence-electron chi connectivity index (χ1n) is 6.55. The summed E-state index contributed by atoms with van der Waals surface area (Å²) in [6, 6.07) is 15.5. The van der Waals surface area contributed by atoms with E-state index in [0.717, 1.165) is 10.9 Å². The van der Waals surface area contributed by atoms with Gasteiger partial charge in [0, 0.05) is 11.8 Å². The van der Waals surface area contributed by atoms with Crippen molar-refractivity contribution in [2.75, 3.05) is 0 Å². The van der Waals surface area contributed by atoms with Gasteiger partial charge >= 0.3 is 0 Å². The fourth-order valence-electron chi connectivity index (χ4n) is 2.36. The number of hydrogen-bond acceptors (Lipinski definition) is 2. The Morgan fingerprint density at radius 1 is 1.15 bits per heavy atom. The zero-order chi connectivity index (χ0) is 14.1. The summed E-state index contributed by atoms with van der Waals surface area (Å²) in [4.78, 5) is 0. The molecule has 1 N–H and O–H groups in total. The van der Waals surface area contributed by atoms with Gasteiger partial charge in [0.05, 0.1) is 5.02 Å². The van der Waals surface area contributed by atoms with E-state index in [9.17, 15) is 5.11 Å². The van der Waals surface area contributed by atoms with Crippen LogP contribution < -0.4 is 0 Å². The van der Waals surface area contributed by atoms with Crippen molar-refractivity contribution in [2.45, 2.75) is 19.4 Å². The maximum absolute atomic E-state index is 10.4. The molecule has 1 atom stereocenters. The van der Waals surface area contributed by atoms with E-state index in [2.05, 4.69) is 0 Å². The predicted octanol–water partition coefficient (Wildman–Crippen LogP) is 4.67. The molecule has 2 nitrogen and oxygen atoms in total. The Labute approximate surface area is 122 Å². The van der Waals surface area contributed by atoms with Crippen LogP contribution in [0.1, 0.15) is 23.0 Å². The highest BCUT2D eigenvalue weighted by Gasteiger charge is 2.16. The Morgan fingerprint density at radius 2 is 1.95 bits per heavy atom. The van der Waals surface area contributed by atoms with E-state index in [1.165, 1.54) is 5.56 Å². The summed E-state index contributed by atoms with van der Waals surface area (Å²) in [6.07, 6.45) is -0.135. The molecule has 1 aromatic heterocycles. The second-order valence-electron chi connectivity index (χ2n) is 4.95. The third kappa shape index (κ3) is 2.45. The molecule has 2 aromatic carbocycles. The molecule has 20 heavy (non-hydrogen) atoms. The van der Waals surface area contributed by atoms with Crippen LogP contribution in [0.5, 0.6) is 0 Å². The van der Waals surface area contributed by atoms with Gasteiger partial charge < -0.3 is 9.52 Å². The highest BCUT2D eigenvalue weighted by atomic mass is 35.5. The number of aliphatic hydroxyl groups is 1. The van der Waals surface area contributed by atoms with Gasteiger partial charge in [0.1, 0.15) is 11.9 Å². The Morgan fingerprint density at radius 3 is 2.70 bits per heavy atom. The Balaban J connectivity index is 1.91. The fraction of sp³-hybridized carbons (Fsp3) is 0.176. The van der Waals surface area contributed by atoms with Crippen LogP contribution in [-0.4, -0.2) is 5.11 Å². The molecule has 3 rings (SSSR count). The topological polar surface area (TPSA) is 33.4 Å². The van der Waals surface area contributed by atoms with Crippen molar-refractivity contribution < 1.29 is 9.52 Å². The van der Waals surface area contributed by atoms with Gasteiger partial charge in [-0.3, -0.25) is 0 Å². The summed E-state index contributed by atoms with van der Waals surface area (Å²) in [7, 11) is 0. The normalized spacial score (nSPS) is 12.8. The lowest BCUT2D eigenvalue weighted by Gasteiger charge is -2.09. The Kier molecular flexibility index (Phi) is 3.51. The monoisotopic (exact) mass is 286 g/mol. The summed E-state index contributed by atoms with van der Waals surface area (Å²) >= 11 is 6.09. The first-order chi connectivity index (χ1) is 9.65. The van der Waals surface area contributed by atoms with Crippen LogP contribution in [0.15, 0.2) is 52.9 Å². The number of rotatable bonds is 3. The molecule has 102 valence electrons. The van der Waals surface area contributed by atoms with Gasteiger partial charge in [0.2, 0.25) is 0 Å². The fourth-order valence-corrected chi connectivity index (χ4v) is 2.58. The van der Waals surface area contributed by atoms with Gasteiger partial charge in [-0.2, -0.15) is 0 Å². The number of aryl methyl sites for hydroxylation is 1. The minimum atomic E-state index is -0.667. The van der Waals surface area contributed by atoms with Crippen molar-refractivity contribution in [2.24, 2.45) is 0 Å². The van der Waals surface area contributed by atoms with E-state index >= 15 is 0 Å². The summed E-state index contributed by atoms with van der Waals surface area (Å²) in [5, 5.41) is 11.8. The van der Waals surface area contributed by atoms with Gasteiger partial charge in [-0.1, -0.05) is 48.0 Å². The molecule has 3 aromatic rings. The Bertz CT molecular complexity index is 746. The van der Waals surface area contributed by atoms with Gasteiger partial charge in [-0.15, -0.1) is 0 Å². The van der Waals surface area contributed by atoms with Gasteiger partial charge in [0.25, 0.3) is 0 Å². The molecule has 0 spiro atoms. The van der Waals surface area contributed by atoms with Crippen LogP contribution >= 0.6 is 11.6 Å². The van der Waals surface area contributed by atoms with Crippen molar-refractivity contribution in [3.8, 4) is 0 Å². The van der Waals surface area contributed by atoms with Crippen molar-refractivity contribution in [1.29, 1.82) is 0 Å². The molecule has 0 aliphatic rings. The number of furan rings is 1.